The molecule has 0 saturated heterocycles. The molecule has 0 radical (unpaired) electrons. The molecule has 148 valence electrons. The fourth-order valence-corrected chi connectivity index (χ4v) is 3.87. The first kappa shape index (κ1) is 18.9. The summed E-state index contributed by atoms with van der Waals surface area (Å²) in [5.41, 5.74) is 2.48. The number of ether oxygens (including phenoxy) is 2. The lowest BCUT2D eigenvalue weighted by Gasteiger charge is -2.11. The topological polar surface area (TPSA) is 83.6 Å². The third kappa shape index (κ3) is 3.66. The molecule has 0 amide bonds. The van der Waals surface area contributed by atoms with Crippen LogP contribution < -0.4 is 10.5 Å². The van der Waals surface area contributed by atoms with Gasteiger partial charge in [-0.25, -0.2) is 14.6 Å². The van der Waals surface area contributed by atoms with E-state index >= 15 is 0 Å². The van der Waals surface area contributed by atoms with E-state index < -0.39 is 17.8 Å². The predicted octanol–water partition coefficient (Wildman–Crippen LogP) is 4.03. The number of fused-ring (bicyclic) bond motifs is 1. The van der Waals surface area contributed by atoms with Gasteiger partial charge in [0.05, 0.1) is 23.9 Å². The molecular formula is C21H18N2O5S. The molecule has 0 N–H and O–H groups in total. The van der Waals surface area contributed by atoms with E-state index in [2.05, 4.69) is 4.98 Å². The number of hydrogen-bond acceptors (Lipinski definition) is 7. The van der Waals surface area contributed by atoms with E-state index in [1.54, 1.807) is 38.3 Å². The van der Waals surface area contributed by atoms with Crippen molar-refractivity contribution in [3.63, 3.8) is 0 Å². The van der Waals surface area contributed by atoms with E-state index in [4.69, 9.17) is 13.9 Å². The number of oxazole rings is 1. The van der Waals surface area contributed by atoms with Crippen molar-refractivity contribution in [1.29, 1.82) is 0 Å². The molecule has 29 heavy (non-hydrogen) atoms. The zero-order chi connectivity index (χ0) is 20.4. The van der Waals surface area contributed by atoms with Crippen LogP contribution in [0.25, 0.3) is 21.7 Å². The Hall–Kier alpha value is -3.39. The molecule has 0 fully saturated rings. The summed E-state index contributed by atoms with van der Waals surface area (Å²) in [7, 11) is 1.61. The number of benzene rings is 2. The average Bonchev–Trinajstić information content (AvgIpc) is 3.35. The zero-order valence-electron chi connectivity index (χ0n) is 15.8. The first-order valence-corrected chi connectivity index (χ1v) is 9.81. The Morgan fingerprint density at radius 3 is 2.79 bits per heavy atom. The van der Waals surface area contributed by atoms with Crippen molar-refractivity contribution >= 4 is 28.4 Å². The van der Waals surface area contributed by atoms with Crippen LogP contribution in [0.1, 0.15) is 18.7 Å². The van der Waals surface area contributed by atoms with Crippen LogP contribution in [-0.2, 0) is 16.1 Å². The monoisotopic (exact) mass is 410 g/mol. The fraction of sp³-hybridized carbons (Fsp3) is 0.190. The highest BCUT2D eigenvalue weighted by Crippen LogP contribution is 2.32. The smallest absolute Gasteiger partial charge is 0.420 e. The molecule has 7 nitrogen and oxygen atoms in total. The number of carbonyl (C=O) groups is 1. The van der Waals surface area contributed by atoms with E-state index in [-0.39, 0.29) is 6.61 Å². The van der Waals surface area contributed by atoms with Crippen molar-refractivity contribution in [1.82, 2.24) is 9.55 Å². The second kappa shape index (κ2) is 7.92. The molecule has 0 saturated carbocycles. The molecule has 0 aliphatic heterocycles. The number of thiazole rings is 1. The number of carbonyl (C=O) groups excluding carboxylic acids is 1. The molecule has 4 rings (SSSR count). The summed E-state index contributed by atoms with van der Waals surface area (Å²) >= 11 is 1.44. The molecule has 8 heteroatoms. The van der Waals surface area contributed by atoms with Gasteiger partial charge in [0.2, 0.25) is 0 Å². The molecule has 1 unspecified atom stereocenters. The molecule has 0 spiro atoms. The quantitative estimate of drug-likeness (QED) is 0.446. The van der Waals surface area contributed by atoms with E-state index in [9.17, 15) is 9.59 Å². The predicted molar refractivity (Wildman–Crippen MR) is 109 cm³/mol. The molecule has 0 bridgehead atoms. The van der Waals surface area contributed by atoms with E-state index in [0.717, 1.165) is 16.3 Å². The van der Waals surface area contributed by atoms with Gasteiger partial charge in [-0.2, -0.15) is 0 Å². The molecule has 0 aliphatic carbocycles. The average molecular weight is 410 g/mol. The van der Waals surface area contributed by atoms with Gasteiger partial charge in [0.1, 0.15) is 23.4 Å². The van der Waals surface area contributed by atoms with Gasteiger partial charge >= 0.3 is 11.7 Å². The zero-order valence-corrected chi connectivity index (χ0v) is 16.6. The maximum absolute atomic E-state index is 12.5. The van der Waals surface area contributed by atoms with Crippen LogP contribution in [0.2, 0.25) is 0 Å². The molecule has 4 aromatic rings. The molecule has 2 aromatic heterocycles. The molecule has 0 aliphatic rings. The Labute approximate surface area is 170 Å². The summed E-state index contributed by atoms with van der Waals surface area (Å²) in [5, 5.41) is 2.61. The van der Waals surface area contributed by atoms with Crippen molar-refractivity contribution in [3.05, 3.63) is 70.2 Å². The maximum atomic E-state index is 12.5. The van der Waals surface area contributed by atoms with Crippen LogP contribution >= 0.6 is 11.3 Å². The van der Waals surface area contributed by atoms with Gasteiger partial charge in [0, 0.05) is 5.38 Å². The second-order valence-corrected chi connectivity index (χ2v) is 7.19. The Kier molecular flexibility index (Phi) is 5.18. The fourth-order valence-electron chi connectivity index (χ4n) is 3.04. The number of aromatic nitrogens is 2. The summed E-state index contributed by atoms with van der Waals surface area (Å²) in [4.78, 5) is 29.2. The van der Waals surface area contributed by atoms with Crippen molar-refractivity contribution in [2.75, 3.05) is 7.11 Å². The summed E-state index contributed by atoms with van der Waals surface area (Å²) in [6, 6.07) is 13.7. The van der Waals surface area contributed by atoms with Crippen LogP contribution in [0, 0.1) is 0 Å². The number of para-hydroxylation sites is 3. The van der Waals surface area contributed by atoms with E-state index in [0.29, 0.717) is 16.8 Å². The summed E-state index contributed by atoms with van der Waals surface area (Å²) in [6.07, 6.45) is 0. The SMILES string of the molecule is COc1ccccc1-c1nc(COC(=O)C(C)n2c(=O)oc3ccccc32)cs1. The van der Waals surface area contributed by atoms with Gasteiger partial charge in [0.25, 0.3) is 0 Å². The number of esters is 1. The van der Waals surface area contributed by atoms with Crippen LogP contribution in [0.4, 0.5) is 0 Å². The standard InChI is InChI=1S/C21H18N2O5S/c1-13(23-16-8-4-6-10-18(16)28-21(23)25)20(24)27-11-14-12-29-19(22-14)15-7-3-5-9-17(15)26-2/h3-10,12-13H,11H2,1-2H3. The largest absolute Gasteiger partial charge is 0.496 e. The highest BCUT2D eigenvalue weighted by atomic mass is 32.1. The first-order valence-electron chi connectivity index (χ1n) is 8.93. The van der Waals surface area contributed by atoms with E-state index in [1.165, 1.54) is 15.9 Å². The number of methoxy groups -OCH3 is 1. The minimum Gasteiger partial charge on any atom is -0.496 e. The minimum absolute atomic E-state index is 0.0133. The third-order valence-corrected chi connectivity index (χ3v) is 5.42. The Balaban J connectivity index is 1.48. The molecule has 1 atom stereocenters. The van der Waals surface area contributed by atoms with Crippen LogP contribution in [-0.4, -0.2) is 22.6 Å². The van der Waals surface area contributed by atoms with Gasteiger partial charge in [0.15, 0.2) is 5.58 Å². The van der Waals surface area contributed by atoms with Crippen molar-refractivity contribution in [3.8, 4) is 16.3 Å². The van der Waals surface area contributed by atoms with Crippen molar-refractivity contribution < 1.29 is 18.7 Å². The van der Waals surface area contributed by atoms with Crippen LogP contribution in [0.15, 0.2) is 63.1 Å². The lowest BCUT2D eigenvalue weighted by molar-refractivity contribution is -0.148. The molecule has 2 heterocycles. The normalized spacial score (nSPS) is 12.1. The highest BCUT2D eigenvalue weighted by Gasteiger charge is 2.23. The van der Waals surface area contributed by atoms with Crippen LogP contribution in [0.3, 0.4) is 0 Å². The van der Waals surface area contributed by atoms with Crippen molar-refractivity contribution in [2.45, 2.75) is 19.6 Å². The number of hydrogen-bond donors (Lipinski definition) is 0. The number of nitrogens with zero attached hydrogens (tertiary/aromatic N) is 2. The lowest BCUT2D eigenvalue weighted by Crippen LogP contribution is -2.26. The van der Waals surface area contributed by atoms with Crippen molar-refractivity contribution in [2.24, 2.45) is 0 Å². The molecular weight excluding hydrogens is 392 g/mol. The first-order chi connectivity index (χ1) is 14.1. The second-order valence-electron chi connectivity index (χ2n) is 6.33. The third-order valence-electron chi connectivity index (χ3n) is 4.50. The van der Waals surface area contributed by atoms with Gasteiger partial charge in [-0.15, -0.1) is 11.3 Å². The van der Waals surface area contributed by atoms with E-state index in [1.807, 2.05) is 29.6 Å². The summed E-state index contributed by atoms with van der Waals surface area (Å²) < 4.78 is 17.2. The summed E-state index contributed by atoms with van der Waals surface area (Å²) in [5.74, 6) is -0.404. The molecule has 2 aromatic carbocycles. The van der Waals surface area contributed by atoms with Crippen LogP contribution in [0.5, 0.6) is 5.75 Å². The highest BCUT2D eigenvalue weighted by molar-refractivity contribution is 7.13. The van der Waals surface area contributed by atoms with Gasteiger partial charge < -0.3 is 13.9 Å². The number of rotatable bonds is 6. The lowest BCUT2D eigenvalue weighted by atomic mass is 10.2. The minimum atomic E-state index is -0.821. The Morgan fingerprint density at radius 1 is 1.21 bits per heavy atom. The summed E-state index contributed by atoms with van der Waals surface area (Å²) in [6.45, 7) is 1.62. The van der Waals surface area contributed by atoms with Gasteiger partial charge in [-0.3, -0.25) is 4.57 Å². The van der Waals surface area contributed by atoms with Gasteiger partial charge in [-0.05, 0) is 31.2 Å². The Bertz CT molecular complexity index is 1220. The Morgan fingerprint density at radius 2 is 1.97 bits per heavy atom. The van der Waals surface area contributed by atoms with Gasteiger partial charge in [-0.1, -0.05) is 24.3 Å². The maximum Gasteiger partial charge on any atom is 0.420 e.